The van der Waals surface area contributed by atoms with Crippen molar-refractivity contribution >= 4 is 23.5 Å². The lowest BCUT2D eigenvalue weighted by Crippen LogP contribution is -2.46. The molecule has 1 unspecified atom stereocenters. The van der Waals surface area contributed by atoms with E-state index >= 15 is 0 Å². The molecule has 6 nitrogen and oxygen atoms in total. The van der Waals surface area contributed by atoms with Crippen LogP contribution in [0.1, 0.15) is 16.9 Å². The molecule has 0 N–H and O–H groups in total. The van der Waals surface area contributed by atoms with Gasteiger partial charge in [-0.2, -0.15) is 0 Å². The van der Waals surface area contributed by atoms with Gasteiger partial charge in [0.25, 0.3) is 5.91 Å². The highest BCUT2D eigenvalue weighted by Crippen LogP contribution is 2.13. The van der Waals surface area contributed by atoms with Crippen LogP contribution >= 0.6 is 11.6 Å². The van der Waals surface area contributed by atoms with Crippen LogP contribution in [0.5, 0.6) is 0 Å². The van der Waals surface area contributed by atoms with E-state index in [9.17, 15) is 9.59 Å². The second-order valence-corrected chi connectivity index (χ2v) is 4.82. The van der Waals surface area contributed by atoms with Gasteiger partial charge in [0.05, 0.1) is 31.3 Å². The first-order valence-corrected chi connectivity index (χ1v) is 6.57. The van der Waals surface area contributed by atoms with Gasteiger partial charge in [-0.05, 0) is 12.1 Å². The predicted molar refractivity (Wildman–Crippen MR) is 71.5 cm³/mol. The van der Waals surface area contributed by atoms with Gasteiger partial charge in [0, 0.05) is 19.3 Å². The first-order chi connectivity index (χ1) is 9.60. The van der Waals surface area contributed by atoms with Crippen molar-refractivity contribution < 1.29 is 19.1 Å². The molecule has 0 aliphatic carbocycles. The summed E-state index contributed by atoms with van der Waals surface area (Å²) in [6, 6.07) is 3.20. The van der Waals surface area contributed by atoms with Crippen LogP contribution in [0.15, 0.2) is 18.3 Å². The zero-order valence-electron chi connectivity index (χ0n) is 11.0. The van der Waals surface area contributed by atoms with Crippen molar-refractivity contribution in [2.75, 3.05) is 26.8 Å². The smallest absolute Gasteiger partial charge is 0.308 e. The number of ether oxygens (including phenoxy) is 2. The Morgan fingerprint density at radius 1 is 1.55 bits per heavy atom. The number of nitrogens with zero attached hydrogens (tertiary/aromatic N) is 2. The molecule has 1 aromatic rings. The number of amides is 1. The number of rotatable bonds is 3. The van der Waals surface area contributed by atoms with Gasteiger partial charge in [-0.25, -0.2) is 4.98 Å². The second-order valence-electron chi connectivity index (χ2n) is 4.39. The number of morpholine rings is 1. The summed E-state index contributed by atoms with van der Waals surface area (Å²) < 4.78 is 10.0. The van der Waals surface area contributed by atoms with E-state index in [1.165, 1.54) is 13.3 Å². The van der Waals surface area contributed by atoms with Gasteiger partial charge in [-0.15, -0.1) is 0 Å². The third kappa shape index (κ3) is 3.68. The van der Waals surface area contributed by atoms with Crippen molar-refractivity contribution in [2.24, 2.45) is 0 Å². The molecule has 2 heterocycles. The maximum atomic E-state index is 12.3. The van der Waals surface area contributed by atoms with Crippen molar-refractivity contribution in [1.82, 2.24) is 9.88 Å². The monoisotopic (exact) mass is 298 g/mol. The molecule has 1 fully saturated rings. The Morgan fingerprint density at radius 3 is 3.00 bits per heavy atom. The Morgan fingerprint density at radius 2 is 2.35 bits per heavy atom. The maximum Gasteiger partial charge on any atom is 0.308 e. The quantitative estimate of drug-likeness (QED) is 0.783. The summed E-state index contributed by atoms with van der Waals surface area (Å²) in [4.78, 5) is 29.1. The molecule has 1 amide bonds. The molecule has 1 saturated heterocycles. The van der Waals surface area contributed by atoms with Crippen LogP contribution in [-0.2, 0) is 14.3 Å². The fourth-order valence-electron chi connectivity index (χ4n) is 1.96. The van der Waals surface area contributed by atoms with Crippen LogP contribution in [0.4, 0.5) is 0 Å². The summed E-state index contributed by atoms with van der Waals surface area (Å²) in [5.74, 6) is -0.547. The highest BCUT2D eigenvalue weighted by atomic mass is 35.5. The molecule has 1 aliphatic heterocycles. The molecule has 0 saturated carbocycles. The zero-order valence-corrected chi connectivity index (χ0v) is 11.8. The zero-order chi connectivity index (χ0) is 14.5. The lowest BCUT2D eigenvalue weighted by Gasteiger charge is -2.32. The summed E-state index contributed by atoms with van der Waals surface area (Å²) in [6.45, 7) is 1.21. The molecule has 0 spiro atoms. The molecule has 0 radical (unpaired) electrons. The van der Waals surface area contributed by atoms with Gasteiger partial charge in [0.15, 0.2) is 0 Å². The first-order valence-electron chi connectivity index (χ1n) is 6.19. The number of hydrogen-bond donors (Lipinski definition) is 0. The minimum Gasteiger partial charge on any atom is -0.469 e. The van der Waals surface area contributed by atoms with E-state index in [1.54, 1.807) is 17.0 Å². The van der Waals surface area contributed by atoms with Crippen LogP contribution in [0.3, 0.4) is 0 Å². The number of methoxy groups -OCH3 is 1. The maximum absolute atomic E-state index is 12.3. The fourth-order valence-corrected chi connectivity index (χ4v) is 2.07. The molecule has 2 rings (SSSR count). The van der Waals surface area contributed by atoms with E-state index in [-0.39, 0.29) is 24.4 Å². The van der Waals surface area contributed by atoms with Gasteiger partial charge < -0.3 is 14.4 Å². The van der Waals surface area contributed by atoms with Crippen LogP contribution in [-0.4, -0.2) is 54.7 Å². The van der Waals surface area contributed by atoms with E-state index in [2.05, 4.69) is 9.72 Å². The fraction of sp³-hybridized carbons (Fsp3) is 0.462. The van der Waals surface area contributed by atoms with Gasteiger partial charge in [0.1, 0.15) is 5.69 Å². The van der Waals surface area contributed by atoms with Gasteiger partial charge in [-0.3, -0.25) is 9.59 Å². The minimum absolute atomic E-state index is 0.133. The summed E-state index contributed by atoms with van der Waals surface area (Å²) in [7, 11) is 1.33. The number of carbonyl (C=O) groups is 2. The summed E-state index contributed by atoms with van der Waals surface area (Å²) >= 11 is 5.74. The van der Waals surface area contributed by atoms with Crippen molar-refractivity contribution in [3.63, 3.8) is 0 Å². The molecular formula is C13H15ClN2O4. The molecule has 20 heavy (non-hydrogen) atoms. The number of hydrogen-bond acceptors (Lipinski definition) is 5. The van der Waals surface area contributed by atoms with E-state index < -0.39 is 0 Å². The van der Waals surface area contributed by atoms with E-state index in [0.29, 0.717) is 30.4 Å². The number of halogens is 1. The Balaban J connectivity index is 1.99. The molecular weight excluding hydrogens is 284 g/mol. The van der Waals surface area contributed by atoms with Crippen molar-refractivity contribution in [1.29, 1.82) is 0 Å². The van der Waals surface area contributed by atoms with Crippen molar-refractivity contribution in [2.45, 2.75) is 12.5 Å². The Bertz CT molecular complexity index is 492. The minimum atomic E-state index is -0.353. The van der Waals surface area contributed by atoms with Crippen LogP contribution in [0.25, 0.3) is 0 Å². The van der Waals surface area contributed by atoms with Crippen LogP contribution in [0.2, 0.25) is 5.02 Å². The Labute approximate surface area is 121 Å². The largest absolute Gasteiger partial charge is 0.469 e. The molecule has 7 heteroatoms. The third-order valence-electron chi connectivity index (χ3n) is 2.99. The number of pyridine rings is 1. The van der Waals surface area contributed by atoms with Crippen LogP contribution < -0.4 is 0 Å². The lowest BCUT2D eigenvalue weighted by atomic mass is 10.2. The summed E-state index contributed by atoms with van der Waals surface area (Å²) in [5, 5.41) is 0.479. The van der Waals surface area contributed by atoms with E-state index in [1.807, 2.05) is 0 Å². The molecule has 1 aliphatic rings. The topological polar surface area (TPSA) is 68.7 Å². The Hall–Kier alpha value is -1.66. The van der Waals surface area contributed by atoms with E-state index in [4.69, 9.17) is 16.3 Å². The standard InChI is InChI=1S/C13H15ClN2O4/c1-19-12(17)6-10-8-16(4-5-20-10)13(18)11-3-2-9(14)7-15-11/h2-3,7,10H,4-6,8H2,1H3. The molecule has 1 aromatic heterocycles. The molecule has 1 atom stereocenters. The molecule has 108 valence electrons. The molecule has 0 aromatic carbocycles. The lowest BCUT2D eigenvalue weighted by molar-refractivity contribution is -0.145. The normalized spacial score (nSPS) is 18.7. The highest BCUT2D eigenvalue weighted by molar-refractivity contribution is 6.30. The van der Waals surface area contributed by atoms with Gasteiger partial charge in [-0.1, -0.05) is 11.6 Å². The SMILES string of the molecule is COC(=O)CC1CN(C(=O)c2ccc(Cl)cn2)CCO1. The molecule has 0 bridgehead atoms. The predicted octanol–water partition coefficient (Wildman–Crippen LogP) is 1.14. The average Bonchev–Trinajstić information content (AvgIpc) is 2.47. The average molecular weight is 299 g/mol. The Kier molecular flexibility index (Phi) is 4.92. The highest BCUT2D eigenvalue weighted by Gasteiger charge is 2.27. The van der Waals surface area contributed by atoms with E-state index in [0.717, 1.165) is 0 Å². The first kappa shape index (κ1) is 14.7. The summed E-state index contributed by atoms with van der Waals surface area (Å²) in [6.07, 6.45) is 1.22. The number of aromatic nitrogens is 1. The van der Waals surface area contributed by atoms with Gasteiger partial charge >= 0.3 is 5.97 Å². The van der Waals surface area contributed by atoms with Crippen molar-refractivity contribution in [3.8, 4) is 0 Å². The number of carbonyl (C=O) groups excluding carboxylic acids is 2. The van der Waals surface area contributed by atoms with Crippen LogP contribution in [0, 0.1) is 0 Å². The second kappa shape index (κ2) is 6.67. The third-order valence-corrected chi connectivity index (χ3v) is 3.22. The number of esters is 1. The summed E-state index contributed by atoms with van der Waals surface area (Å²) in [5.41, 5.74) is 0.327. The van der Waals surface area contributed by atoms with Crippen molar-refractivity contribution in [3.05, 3.63) is 29.0 Å². The van der Waals surface area contributed by atoms with Gasteiger partial charge in [0.2, 0.25) is 0 Å².